The van der Waals surface area contributed by atoms with Crippen molar-refractivity contribution >= 4 is 5.91 Å². The van der Waals surface area contributed by atoms with Gasteiger partial charge < -0.3 is 14.8 Å². The first-order chi connectivity index (χ1) is 13.9. The molecular weight excluding hydrogens is 369 g/mol. The molecule has 156 valence electrons. The minimum absolute atomic E-state index is 0.159. The van der Waals surface area contributed by atoms with Gasteiger partial charge in [0.25, 0.3) is 5.91 Å². The number of benzene rings is 2. The molecular formula is C24H30FNO3. The van der Waals surface area contributed by atoms with Gasteiger partial charge in [-0.1, -0.05) is 38.1 Å². The van der Waals surface area contributed by atoms with Gasteiger partial charge in [-0.15, -0.1) is 0 Å². The van der Waals surface area contributed by atoms with E-state index in [0.29, 0.717) is 31.4 Å². The summed E-state index contributed by atoms with van der Waals surface area (Å²) in [5.41, 5.74) is 1.95. The molecule has 1 heterocycles. The second-order valence-electron chi connectivity index (χ2n) is 8.10. The minimum Gasteiger partial charge on any atom is -0.481 e. The van der Waals surface area contributed by atoms with Crippen molar-refractivity contribution in [2.75, 3.05) is 19.8 Å². The molecule has 0 bridgehead atoms. The van der Waals surface area contributed by atoms with E-state index in [2.05, 4.69) is 25.2 Å². The highest BCUT2D eigenvalue weighted by atomic mass is 19.1. The molecule has 0 aliphatic carbocycles. The quantitative estimate of drug-likeness (QED) is 0.741. The van der Waals surface area contributed by atoms with E-state index in [1.54, 1.807) is 6.92 Å². The zero-order chi connectivity index (χ0) is 20.9. The maximum atomic E-state index is 13.4. The van der Waals surface area contributed by atoms with Crippen LogP contribution in [0, 0.1) is 5.82 Å². The maximum Gasteiger partial charge on any atom is 0.260 e. The first-order valence-electron chi connectivity index (χ1n) is 10.3. The van der Waals surface area contributed by atoms with Crippen LogP contribution in [0.15, 0.2) is 48.5 Å². The molecule has 1 fully saturated rings. The SMILES string of the molecule is CC(Oc1cccc(C(C)C)c1)C(=O)NCC1(c2ccc(F)cc2)CCOCC1. The zero-order valence-electron chi connectivity index (χ0n) is 17.4. The summed E-state index contributed by atoms with van der Waals surface area (Å²) in [5, 5.41) is 3.05. The summed E-state index contributed by atoms with van der Waals surface area (Å²) in [5.74, 6) is 0.670. The second-order valence-corrected chi connectivity index (χ2v) is 8.10. The Bertz CT molecular complexity index is 813. The molecule has 1 N–H and O–H groups in total. The minimum atomic E-state index is -0.609. The van der Waals surface area contributed by atoms with Gasteiger partial charge in [0.05, 0.1) is 0 Å². The Balaban J connectivity index is 1.65. The van der Waals surface area contributed by atoms with Crippen LogP contribution in [0.25, 0.3) is 0 Å². The van der Waals surface area contributed by atoms with Crippen molar-refractivity contribution in [3.8, 4) is 5.75 Å². The number of ether oxygens (including phenoxy) is 2. The normalized spacial score (nSPS) is 17.0. The first-order valence-corrected chi connectivity index (χ1v) is 10.3. The Kier molecular flexibility index (Phi) is 6.91. The molecule has 1 atom stereocenters. The highest BCUT2D eigenvalue weighted by Crippen LogP contribution is 2.34. The van der Waals surface area contributed by atoms with Gasteiger partial charge in [-0.25, -0.2) is 4.39 Å². The first kappa shape index (κ1) is 21.3. The van der Waals surface area contributed by atoms with Crippen LogP contribution in [0.5, 0.6) is 5.75 Å². The molecule has 0 aromatic heterocycles. The highest BCUT2D eigenvalue weighted by molar-refractivity contribution is 5.80. The van der Waals surface area contributed by atoms with Gasteiger partial charge in [-0.05, 0) is 61.1 Å². The Morgan fingerprint density at radius 1 is 1.14 bits per heavy atom. The Morgan fingerprint density at radius 2 is 1.83 bits per heavy atom. The lowest BCUT2D eigenvalue weighted by molar-refractivity contribution is -0.127. The standard InChI is InChI=1S/C24H30FNO3/c1-17(2)19-5-4-6-22(15-19)29-18(3)23(27)26-16-24(11-13-28-14-12-24)20-7-9-21(25)10-8-20/h4-10,15,17-18H,11-14,16H2,1-3H3,(H,26,27). The average molecular weight is 400 g/mol. The van der Waals surface area contributed by atoms with E-state index in [1.165, 1.54) is 17.7 Å². The van der Waals surface area contributed by atoms with Crippen LogP contribution in [0.1, 0.15) is 50.7 Å². The summed E-state index contributed by atoms with van der Waals surface area (Å²) in [4.78, 5) is 12.7. The topological polar surface area (TPSA) is 47.6 Å². The average Bonchev–Trinajstić information content (AvgIpc) is 2.73. The molecule has 0 spiro atoms. The third-order valence-electron chi connectivity index (χ3n) is 5.71. The fraction of sp³-hybridized carbons (Fsp3) is 0.458. The van der Waals surface area contributed by atoms with Crippen LogP contribution < -0.4 is 10.1 Å². The number of hydrogen-bond donors (Lipinski definition) is 1. The monoisotopic (exact) mass is 399 g/mol. The van der Waals surface area contributed by atoms with Crippen molar-refractivity contribution in [1.82, 2.24) is 5.32 Å². The predicted octanol–water partition coefficient (Wildman–Crippen LogP) is 4.58. The van der Waals surface area contributed by atoms with Crippen LogP contribution in [0.2, 0.25) is 0 Å². The van der Waals surface area contributed by atoms with E-state index >= 15 is 0 Å². The summed E-state index contributed by atoms with van der Waals surface area (Å²) in [6, 6.07) is 14.4. The fourth-order valence-electron chi connectivity index (χ4n) is 3.74. The predicted molar refractivity (Wildman–Crippen MR) is 112 cm³/mol. The van der Waals surface area contributed by atoms with Crippen LogP contribution in [0.3, 0.4) is 0 Å². The van der Waals surface area contributed by atoms with Crippen LogP contribution in [0.4, 0.5) is 4.39 Å². The number of carbonyl (C=O) groups is 1. The lowest BCUT2D eigenvalue weighted by Crippen LogP contribution is -2.47. The Labute approximate surface area is 172 Å². The van der Waals surface area contributed by atoms with Crippen molar-refractivity contribution < 1.29 is 18.7 Å². The molecule has 3 rings (SSSR count). The molecule has 0 saturated carbocycles. The van der Waals surface area contributed by atoms with E-state index in [1.807, 2.05) is 30.3 Å². The molecule has 4 nitrogen and oxygen atoms in total. The lowest BCUT2D eigenvalue weighted by Gasteiger charge is -2.38. The van der Waals surface area contributed by atoms with E-state index in [0.717, 1.165) is 18.4 Å². The smallest absolute Gasteiger partial charge is 0.260 e. The zero-order valence-corrected chi connectivity index (χ0v) is 17.4. The number of carbonyl (C=O) groups excluding carboxylic acids is 1. The van der Waals surface area contributed by atoms with Crippen molar-refractivity contribution in [3.63, 3.8) is 0 Å². The Hall–Kier alpha value is -2.40. The fourth-order valence-corrected chi connectivity index (χ4v) is 3.74. The number of halogens is 1. The molecule has 0 radical (unpaired) electrons. The van der Waals surface area contributed by atoms with E-state index in [9.17, 15) is 9.18 Å². The van der Waals surface area contributed by atoms with E-state index in [4.69, 9.17) is 9.47 Å². The summed E-state index contributed by atoms with van der Waals surface area (Å²) in [6.07, 6.45) is 0.956. The van der Waals surface area contributed by atoms with Crippen molar-refractivity contribution in [2.24, 2.45) is 0 Å². The molecule has 5 heteroatoms. The van der Waals surface area contributed by atoms with Gasteiger partial charge in [0.15, 0.2) is 6.10 Å². The maximum absolute atomic E-state index is 13.4. The molecule has 29 heavy (non-hydrogen) atoms. The number of rotatable bonds is 7. The molecule has 1 unspecified atom stereocenters. The van der Waals surface area contributed by atoms with Gasteiger partial charge in [0.1, 0.15) is 11.6 Å². The number of nitrogens with one attached hydrogen (secondary N) is 1. The van der Waals surface area contributed by atoms with Gasteiger partial charge in [-0.2, -0.15) is 0 Å². The second kappa shape index (κ2) is 9.40. The van der Waals surface area contributed by atoms with Crippen LogP contribution in [-0.2, 0) is 14.9 Å². The highest BCUT2D eigenvalue weighted by Gasteiger charge is 2.35. The van der Waals surface area contributed by atoms with E-state index < -0.39 is 6.10 Å². The van der Waals surface area contributed by atoms with Gasteiger partial charge in [0, 0.05) is 25.2 Å². The number of hydrogen-bond acceptors (Lipinski definition) is 3. The molecule has 1 aliphatic rings. The molecule has 1 amide bonds. The lowest BCUT2D eigenvalue weighted by atomic mass is 9.74. The van der Waals surface area contributed by atoms with Crippen molar-refractivity contribution in [3.05, 3.63) is 65.5 Å². The van der Waals surface area contributed by atoms with Gasteiger partial charge >= 0.3 is 0 Å². The molecule has 2 aromatic rings. The third kappa shape index (κ3) is 5.36. The van der Waals surface area contributed by atoms with Crippen LogP contribution in [-0.4, -0.2) is 31.8 Å². The number of amides is 1. The molecule has 1 saturated heterocycles. The molecule has 2 aromatic carbocycles. The van der Waals surface area contributed by atoms with E-state index in [-0.39, 0.29) is 17.1 Å². The van der Waals surface area contributed by atoms with Crippen molar-refractivity contribution in [2.45, 2.75) is 51.0 Å². The van der Waals surface area contributed by atoms with Gasteiger partial charge in [-0.3, -0.25) is 4.79 Å². The molecule has 1 aliphatic heterocycles. The Morgan fingerprint density at radius 3 is 2.48 bits per heavy atom. The van der Waals surface area contributed by atoms with Crippen molar-refractivity contribution in [1.29, 1.82) is 0 Å². The third-order valence-corrected chi connectivity index (χ3v) is 5.71. The largest absolute Gasteiger partial charge is 0.481 e. The summed E-state index contributed by atoms with van der Waals surface area (Å²) in [7, 11) is 0. The van der Waals surface area contributed by atoms with Crippen LogP contribution >= 0.6 is 0 Å². The summed E-state index contributed by atoms with van der Waals surface area (Å²) >= 11 is 0. The summed E-state index contributed by atoms with van der Waals surface area (Å²) < 4.78 is 24.8. The van der Waals surface area contributed by atoms with Gasteiger partial charge in [0.2, 0.25) is 0 Å². The summed E-state index contributed by atoms with van der Waals surface area (Å²) in [6.45, 7) is 7.73.